The minimum absolute atomic E-state index is 0.398. The fourth-order valence-corrected chi connectivity index (χ4v) is 2.75. The second-order valence-corrected chi connectivity index (χ2v) is 5.43. The lowest BCUT2D eigenvalue weighted by atomic mass is 9.86. The predicted octanol–water partition coefficient (Wildman–Crippen LogP) is 3.61. The monoisotopic (exact) mass is 266 g/mol. The van der Waals surface area contributed by atoms with Gasteiger partial charge in [0.15, 0.2) is 0 Å². The number of nitro groups is 1. The summed E-state index contributed by atoms with van der Waals surface area (Å²) in [6.07, 6.45) is 2.01. The smallest absolute Gasteiger partial charge is 0.327 e. The van der Waals surface area contributed by atoms with Gasteiger partial charge in [0.1, 0.15) is 5.69 Å². The SMILES string of the molecule is CC(C)C1CCN(c2cccc(F)c2[N+](=O)[O-])CC1. The number of halogens is 1. The highest BCUT2D eigenvalue weighted by Crippen LogP contribution is 2.34. The van der Waals surface area contributed by atoms with E-state index >= 15 is 0 Å². The number of benzene rings is 1. The van der Waals surface area contributed by atoms with Gasteiger partial charge in [0.05, 0.1) is 4.92 Å². The second-order valence-electron chi connectivity index (χ2n) is 5.43. The van der Waals surface area contributed by atoms with Crippen LogP contribution in [0.15, 0.2) is 18.2 Å². The van der Waals surface area contributed by atoms with Gasteiger partial charge in [-0.2, -0.15) is 4.39 Å². The average Bonchev–Trinajstić information content (AvgIpc) is 2.38. The Labute approximate surface area is 112 Å². The van der Waals surface area contributed by atoms with Crippen molar-refractivity contribution in [1.29, 1.82) is 0 Å². The van der Waals surface area contributed by atoms with E-state index in [9.17, 15) is 14.5 Å². The largest absolute Gasteiger partial charge is 0.366 e. The van der Waals surface area contributed by atoms with Gasteiger partial charge in [-0.05, 0) is 36.8 Å². The molecule has 1 aliphatic heterocycles. The van der Waals surface area contributed by atoms with E-state index in [2.05, 4.69) is 13.8 Å². The summed E-state index contributed by atoms with van der Waals surface area (Å²) < 4.78 is 13.6. The molecule has 0 aromatic heterocycles. The van der Waals surface area contributed by atoms with Crippen molar-refractivity contribution < 1.29 is 9.31 Å². The van der Waals surface area contributed by atoms with Crippen molar-refractivity contribution in [3.63, 3.8) is 0 Å². The molecular formula is C14H19FN2O2. The minimum atomic E-state index is -0.756. The first kappa shape index (κ1) is 13.8. The molecule has 0 aliphatic carbocycles. The number of hydrogen-bond acceptors (Lipinski definition) is 3. The van der Waals surface area contributed by atoms with Gasteiger partial charge in [-0.25, -0.2) is 0 Å². The van der Waals surface area contributed by atoms with Crippen LogP contribution in [0.1, 0.15) is 26.7 Å². The summed E-state index contributed by atoms with van der Waals surface area (Å²) in [5, 5.41) is 11.0. The molecule has 0 radical (unpaired) electrons. The minimum Gasteiger partial charge on any atom is -0.366 e. The first-order valence-corrected chi connectivity index (χ1v) is 6.68. The average molecular weight is 266 g/mol. The lowest BCUT2D eigenvalue weighted by molar-refractivity contribution is -0.386. The molecule has 0 amide bonds. The maximum atomic E-state index is 13.6. The van der Waals surface area contributed by atoms with E-state index in [0.717, 1.165) is 32.0 Å². The van der Waals surface area contributed by atoms with E-state index in [1.165, 1.54) is 6.07 Å². The van der Waals surface area contributed by atoms with Crippen molar-refractivity contribution in [3.8, 4) is 0 Å². The second kappa shape index (κ2) is 5.55. The molecule has 0 bridgehead atoms. The number of hydrogen-bond donors (Lipinski definition) is 0. The number of rotatable bonds is 3. The molecule has 1 saturated heterocycles. The normalized spacial score (nSPS) is 16.9. The van der Waals surface area contributed by atoms with E-state index in [0.29, 0.717) is 17.5 Å². The Balaban J connectivity index is 2.20. The molecule has 1 aromatic carbocycles. The predicted molar refractivity (Wildman–Crippen MR) is 72.8 cm³/mol. The van der Waals surface area contributed by atoms with E-state index < -0.39 is 16.4 Å². The third kappa shape index (κ3) is 2.85. The molecule has 2 rings (SSSR count). The molecule has 0 N–H and O–H groups in total. The molecule has 5 heteroatoms. The van der Waals surface area contributed by atoms with Gasteiger partial charge < -0.3 is 4.90 Å². The summed E-state index contributed by atoms with van der Waals surface area (Å²) in [6.45, 7) is 5.91. The molecular weight excluding hydrogens is 247 g/mol. The molecule has 0 spiro atoms. The topological polar surface area (TPSA) is 46.4 Å². The van der Waals surface area contributed by atoms with Gasteiger partial charge in [0.2, 0.25) is 5.82 Å². The van der Waals surface area contributed by atoms with E-state index in [1.54, 1.807) is 6.07 Å². The van der Waals surface area contributed by atoms with Crippen LogP contribution >= 0.6 is 0 Å². The van der Waals surface area contributed by atoms with Crippen LogP contribution in [0, 0.1) is 27.8 Å². The van der Waals surface area contributed by atoms with Crippen LogP contribution in [0.5, 0.6) is 0 Å². The highest BCUT2D eigenvalue weighted by molar-refractivity contribution is 5.64. The van der Waals surface area contributed by atoms with Gasteiger partial charge in [-0.1, -0.05) is 19.9 Å². The molecule has 19 heavy (non-hydrogen) atoms. The molecule has 4 nitrogen and oxygen atoms in total. The van der Waals surface area contributed by atoms with Crippen molar-refractivity contribution in [1.82, 2.24) is 0 Å². The summed E-state index contributed by atoms with van der Waals surface area (Å²) in [6, 6.07) is 4.31. The van der Waals surface area contributed by atoms with Crippen LogP contribution in [0.3, 0.4) is 0 Å². The fourth-order valence-electron chi connectivity index (χ4n) is 2.75. The Bertz CT molecular complexity index is 469. The third-order valence-electron chi connectivity index (χ3n) is 3.97. The Kier molecular flexibility index (Phi) is 4.02. The standard InChI is InChI=1S/C14H19FN2O2/c1-10(2)11-6-8-16(9-7-11)13-5-3-4-12(15)14(13)17(18)19/h3-5,10-11H,6-9H2,1-2H3. The number of nitrogens with zero attached hydrogens (tertiary/aromatic N) is 2. The molecule has 0 unspecified atom stereocenters. The van der Waals surface area contributed by atoms with Crippen molar-refractivity contribution in [2.45, 2.75) is 26.7 Å². The Hall–Kier alpha value is -1.65. The molecule has 0 saturated carbocycles. The van der Waals surface area contributed by atoms with Crippen molar-refractivity contribution >= 4 is 11.4 Å². The van der Waals surface area contributed by atoms with Gasteiger partial charge in [0.25, 0.3) is 0 Å². The summed E-state index contributed by atoms with van der Waals surface area (Å²) in [5.74, 6) is 0.530. The first-order valence-electron chi connectivity index (χ1n) is 6.68. The summed E-state index contributed by atoms with van der Waals surface area (Å²) in [5.41, 5.74) is 0.0118. The summed E-state index contributed by atoms with van der Waals surface area (Å²) >= 11 is 0. The zero-order valence-corrected chi connectivity index (χ0v) is 11.3. The van der Waals surface area contributed by atoms with Crippen molar-refractivity contribution in [2.24, 2.45) is 11.8 Å². The summed E-state index contributed by atoms with van der Waals surface area (Å²) in [4.78, 5) is 12.3. The van der Waals surface area contributed by atoms with E-state index in [4.69, 9.17) is 0 Å². The number of nitro benzene ring substituents is 1. The van der Waals surface area contributed by atoms with Crippen LogP contribution in [-0.4, -0.2) is 18.0 Å². The maximum absolute atomic E-state index is 13.6. The number of para-hydroxylation sites is 1. The van der Waals surface area contributed by atoms with Crippen LogP contribution < -0.4 is 4.90 Å². The highest BCUT2D eigenvalue weighted by Gasteiger charge is 2.28. The highest BCUT2D eigenvalue weighted by atomic mass is 19.1. The van der Waals surface area contributed by atoms with E-state index in [1.807, 2.05) is 4.90 Å². The molecule has 1 aromatic rings. The van der Waals surface area contributed by atoms with Crippen LogP contribution in [0.25, 0.3) is 0 Å². The molecule has 1 fully saturated rings. The Morgan fingerprint density at radius 1 is 1.37 bits per heavy atom. The van der Waals surface area contributed by atoms with Crippen molar-refractivity contribution in [3.05, 3.63) is 34.1 Å². The maximum Gasteiger partial charge on any atom is 0.327 e. The Morgan fingerprint density at radius 2 is 2.00 bits per heavy atom. The Morgan fingerprint density at radius 3 is 2.53 bits per heavy atom. The first-order chi connectivity index (χ1) is 9.00. The molecule has 104 valence electrons. The van der Waals surface area contributed by atoms with Crippen molar-refractivity contribution in [2.75, 3.05) is 18.0 Å². The zero-order valence-electron chi connectivity index (χ0n) is 11.3. The lowest BCUT2D eigenvalue weighted by Gasteiger charge is -2.35. The molecule has 1 heterocycles. The van der Waals surface area contributed by atoms with Gasteiger partial charge in [-0.15, -0.1) is 0 Å². The van der Waals surface area contributed by atoms with Crippen LogP contribution in [0.4, 0.5) is 15.8 Å². The number of piperidine rings is 1. The van der Waals surface area contributed by atoms with Crippen LogP contribution in [0.2, 0.25) is 0 Å². The molecule has 0 atom stereocenters. The zero-order chi connectivity index (χ0) is 14.0. The van der Waals surface area contributed by atoms with Gasteiger partial charge in [0, 0.05) is 13.1 Å². The summed E-state index contributed by atoms with van der Waals surface area (Å²) in [7, 11) is 0. The van der Waals surface area contributed by atoms with Crippen LogP contribution in [-0.2, 0) is 0 Å². The number of anilines is 1. The quantitative estimate of drug-likeness (QED) is 0.620. The van der Waals surface area contributed by atoms with Gasteiger partial charge >= 0.3 is 5.69 Å². The molecule has 1 aliphatic rings. The fraction of sp³-hybridized carbons (Fsp3) is 0.571. The van der Waals surface area contributed by atoms with Gasteiger partial charge in [-0.3, -0.25) is 10.1 Å². The third-order valence-corrected chi connectivity index (χ3v) is 3.97. The lowest BCUT2D eigenvalue weighted by Crippen LogP contribution is -2.35. The van der Waals surface area contributed by atoms with E-state index in [-0.39, 0.29) is 0 Å².